The van der Waals surface area contributed by atoms with Crippen LogP contribution in [-0.2, 0) is 52.6 Å². The predicted molar refractivity (Wildman–Crippen MR) is 209 cm³/mol. The molecule has 6 heterocycles. The Morgan fingerprint density at radius 1 is 0.746 bits per heavy atom. The molecule has 12 atom stereocenters. The molecule has 2 aliphatic rings. The maximum atomic E-state index is 13.2. The van der Waals surface area contributed by atoms with E-state index in [0.717, 1.165) is 23.5 Å². The first-order chi connectivity index (χ1) is 27.3. The quantitative estimate of drug-likeness (QED) is 0.0313. The molecule has 4 aromatic rings. The number of phosphoric ester groups is 1. The van der Waals surface area contributed by atoms with E-state index in [1.807, 2.05) is 0 Å². The minimum absolute atomic E-state index is 0.00120. The van der Waals surface area contributed by atoms with E-state index in [1.54, 1.807) is 12.5 Å². The molecule has 59 heavy (non-hydrogen) atoms. The summed E-state index contributed by atoms with van der Waals surface area (Å²) in [6, 6.07) is 0. The van der Waals surface area contributed by atoms with Crippen molar-refractivity contribution in [3.05, 3.63) is 12.7 Å². The number of anilines is 2. The third kappa shape index (κ3) is 9.37. The average Bonchev–Trinajstić information content (AvgIpc) is 3.90. The lowest BCUT2D eigenvalue weighted by Crippen LogP contribution is -2.33. The smallest absolute Gasteiger partial charge is 0.387 e. The Kier molecular flexibility index (Phi) is 13.9. The Morgan fingerprint density at radius 2 is 1.15 bits per heavy atom. The highest BCUT2D eigenvalue weighted by atomic mass is 35.5. The number of aliphatic hydroxyl groups excluding tert-OH is 4. The number of phosphoric acid groups is 1. The van der Waals surface area contributed by atoms with E-state index >= 15 is 0 Å². The summed E-state index contributed by atoms with van der Waals surface area (Å²) in [6.07, 6.45) is -7.23. The van der Waals surface area contributed by atoms with Crippen LogP contribution in [0.1, 0.15) is 12.5 Å². The van der Waals surface area contributed by atoms with Crippen LogP contribution in [0.2, 0.25) is 0 Å². The topological polar surface area (TPSA) is 408 Å². The van der Waals surface area contributed by atoms with Crippen molar-refractivity contribution < 1.29 is 80.8 Å². The van der Waals surface area contributed by atoms with Gasteiger partial charge in [-0.3, -0.25) is 22.8 Å². The zero-order chi connectivity index (χ0) is 43.6. The standard InChI is InChI=1S/C23H32Cl2N10O17P4S3/c1-58-21-30-15(26)9-17(32-21)34(5-28-9)19-13(38)11(36)7(49-19)3-47-55(44,45)51-53(40,41)23(24,25)54(42,43)52-56(46,57)48-4-8-12(37)14(39)20(50-8)35-6-29-10-16(27)31-22(59-2)33-18(10)35/h5-8,11-14,19-20,36-39H,3-4H2,1-2H3,(H,40,41)(H,42,43)(H,44,45)(H,46,57)(H2,26,30,32)(H2,27,31,33)/t7-,8-,11-,12-,13-,14-,19-,20-,56?/m1/s1. The summed E-state index contributed by atoms with van der Waals surface area (Å²) >= 11 is 18.5. The van der Waals surface area contributed by atoms with E-state index in [9.17, 15) is 53.7 Å². The van der Waals surface area contributed by atoms with E-state index in [0.29, 0.717) is 0 Å². The maximum absolute atomic E-state index is 13.2. The molecule has 2 aliphatic heterocycles. The fourth-order valence-corrected chi connectivity index (χ4v) is 14.4. The van der Waals surface area contributed by atoms with Gasteiger partial charge in [0.1, 0.15) is 47.7 Å². The van der Waals surface area contributed by atoms with Crippen molar-refractivity contribution in [1.29, 1.82) is 0 Å². The van der Waals surface area contributed by atoms with Crippen LogP contribution in [0.3, 0.4) is 0 Å². The molecular formula is C23H32Cl2N10O17P4S3. The average molecular weight is 1010 g/mol. The van der Waals surface area contributed by atoms with Crippen LogP contribution >= 0.6 is 76.5 Å². The van der Waals surface area contributed by atoms with Crippen LogP contribution in [-0.4, -0.2) is 145 Å². The van der Waals surface area contributed by atoms with Gasteiger partial charge < -0.3 is 65.5 Å². The number of thioether (sulfide) groups is 2. The highest BCUT2D eigenvalue weighted by molar-refractivity contribution is 8.09. The minimum atomic E-state index is -6.29. The molecule has 328 valence electrons. The molecule has 0 aromatic carbocycles. The molecule has 27 nitrogen and oxygen atoms in total. The number of aliphatic hydroxyl groups is 4. The van der Waals surface area contributed by atoms with E-state index in [1.165, 1.54) is 21.8 Å². The molecular weight excluding hydrogens is 979 g/mol. The van der Waals surface area contributed by atoms with Crippen LogP contribution in [0.5, 0.6) is 0 Å². The number of alkyl halides is 2. The molecule has 6 rings (SSSR count). The molecule has 0 saturated carbocycles. The van der Waals surface area contributed by atoms with Crippen molar-refractivity contribution in [2.45, 2.75) is 63.2 Å². The molecule has 36 heteroatoms. The third-order valence-electron chi connectivity index (χ3n) is 8.36. The van der Waals surface area contributed by atoms with Gasteiger partial charge in [-0.1, -0.05) is 46.7 Å². The second-order valence-electron chi connectivity index (χ2n) is 12.2. The Hall–Kier alpha value is -1.24. The molecule has 2 fully saturated rings. The fraction of sp³-hybridized carbons (Fsp3) is 0.565. The van der Waals surface area contributed by atoms with Crippen LogP contribution in [0.25, 0.3) is 22.3 Å². The molecule has 0 radical (unpaired) electrons. The summed E-state index contributed by atoms with van der Waals surface area (Å²) < 4.78 is 67.0. The zero-order valence-corrected chi connectivity index (χ0v) is 37.0. The van der Waals surface area contributed by atoms with Gasteiger partial charge in [-0.15, -0.1) is 0 Å². The van der Waals surface area contributed by atoms with Crippen molar-refractivity contribution in [2.75, 3.05) is 37.2 Å². The van der Waals surface area contributed by atoms with Crippen LogP contribution in [0.15, 0.2) is 23.0 Å². The van der Waals surface area contributed by atoms with Gasteiger partial charge in [-0.25, -0.2) is 43.1 Å². The lowest BCUT2D eigenvalue weighted by Gasteiger charge is -2.30. The number of imidazole rings is 2. The van der Waals surface area contributed by atoms with E-state index in [4.69, 9.17) is 60.5 Å². The number of nitrogens with two attached hydrogens (primary N) is 2. The number of rotatable bonds is 16. The lowest BCUT2D eigenvalue weighted by molar-refractivity contribution is -0.0502. The summed E-state index contributed by atoms with van der Waals surface area (Å²) in [5.74, 6) is 0.0136. The SMILES string of the molecule is CSc1nc(N)c2ncn([C@@H]3O[C@H](COP(=O)(O)OP(=O)(O)C(Cl)(Cl)P(=O)(O)OP(O)(=S)OC[C@H]4O[C@@H](n5cnc6c(N)nc(SC)nc65)[C@H](O)[C@@H]4O)[C@@H](O)[C@H]3O)c2n1. The summed E-state index contributed by atoms with van der Waals surface area (Å²) in [4.78, 5) is 66.7. The molecule has 12 N–H and O–H groups in total. The van der Waals surface area contributed by atoms with Crippen molar-refractivity contribution in [3.8, 4) is 0 Å². The van der Waals surface area contributed by atoms with Crippen LogP contribution in [0.4, 0.5) is 11.6 Å². The minimum Gasteiger partial charge on any atom is -0.387 e. The third-order valence-corrected chi connectivity index (χ3v) is 20.2. The molecule has 0 aliphatic carbocycles. The Bertz CT molecular complexity index is 2280. The van der Waals surface area contributed by atoms with Crippen molar-refractivity contribution in [3.63, 3.8) is 0 Å². The number of nitrogen functional groups attached to an aromatic ring is 2. The van der Waals surface area contributed by atoms with E-state index in [-0.39, 0.29) is 44.3 Å². The van der Waals surface area contributed by atoms with Crippen LogP contribution < -0.4 is 11.5 Å². The van der Waals surface area contributed by atoms with Crippen molar-refractivity contribution in [2.24, 2.45) is 0 Å². The highest BCUT2D eigenvalue weighted by Crippen LogP contribution is 2.83. The zero-order valence-electron chi connectivity index (χ0n) is 29.4. The summed E-state index contributed by atoms with van der Waals surface area (Å²) in [5.41, 5.74) is 12.3. The number of ether oxygens (including phenoxy) is 2. The molecule has 0 bridgehead atoms. The van der Waals surface area contributed by atoms with Gasteiger partial charge in [-0.05, 0) is 24.3 Å². The summed E-state index contributed by atoms with van der Waals surface area (Å²) in [6.45, 7) is -7.15. The highest BCUT2D eigenvalue weighted by Gasteiger charge is 2.65. The molecule has 0 amide bonds. The first-order valence-corrected chi connectivity index (χ1v) is 26.3. The number of aromatic nitrogens is 8. The summed E-state index contributed by atoms with van der Waals surface area (Å²) in [5, 5.41) is 43.2. The van der Waals surface area contributed by atoms with Gasteiger partial charge in [0.25, 0.3) is 0 Å². The largest absolute Gasteiger partial charge is 0.479 e. The molecule has 4 unspecified atom stereocenters. The normalized spacial score (nSPS) is 29.4. The van der Waals surface area contributed by atoms with Gasteiger partial charge in [-0.2, -0.15) is 0 Å². The van der Waals surface area contributed by atoms with Gasteiger partial charge in [0.2, 0.25) is 0 Å². The van der Waals surface area contributed by atoms with Gasteiger partial charge >= 0.3 is 33.5 Å². The van der Waals surface area contributed by atoms with Gasteiger partial charge in [0, 0.05) is 0 Å². The first-order valence-electron chi connectivity index (χ1n) is 15.9. The number of hydrogen-bond acceptors (Lipinski definition) is 24. The predicted octanol–water partition coefficient (Wildman–Crippen LogP) is 0.356. The Morgan fingerprint density at radius 3 is 1.58 bits per heavy atom. The van der Waals surface area contributed by atoms with Gasteiger partial charge in [0.15, 0.2) is 45.7 Å². The lowest BCUT2D eigenvalue weighted by atomic mass is 10.1. The van der Waals surface area contributed by atoms with E-state index < -0.39 is 95.8 Å². The molecule has 4 aromatic heterocycles. The number of hydrogen-bond donors (Lipinski definition) is 10. The van der Waals surface area contributed by atoms with Crippen molar-refractivity contribution >= 4 is 122 Å². The number of nitrogens with zero attached hydrogens (tertiary/aromatic N) is 8. The number of fused-ring (bicyclic) bond motifs is 2. The van der Waals surface area contributed by atoms with E-state index in [2.05, 4.69) is 43.0 Å². The monoisotopic (exact) mass is 1010 g/mol. The van der Waals surface area contributed by atoms with Crippen molar-refractivity contribution in [1.82, 2.24) is 39.0 Å². The van der Waals surface area contributed by atoms with Gasteiger partial charge in [0.05, 0.1) is 25.9 Å². The Balaban J connectivity index is 1.07. The van der Waals surface area contributed by atoms with Crippen LogP contribution in [0, 0.1) is 0 Å². The first kappa shape index (κ1) is 47.2. The second kappa shape index (κ2) is 17.4. The number of halogens is 2. The molecule has 2 saturated heterocycles. The maximum Gasteiger partial charge on any atom is 0.479 e. The molecule has 0 spiro atoms. The second-order valence-corrected chi connectivity index (χ2v) is 25.0. The fourth-order valence-electron chi connectivity index (χ4n) is 5.50. The summed E-state index contributed by atoms with van der Waals surface area (Å²) in [7, 11) is -18.3. The Labute approximate surface area is 353 Å².